The molecule has 0 bridgehead atoms. The highest BCUT2D eigenvalue weighted by Crippen LogP contribution is 1.94. The number of hydrogen-bond donors (Lipinski definition) is 1. The number of rotatable bonds is 11. The molecule has 0 rings (SSSR count). The fourth-order valence-electron chi connectivity index (χ4n) is 1.29. The van der Waals surface area contributed by atoms with Gasteiger partial charge in [0.15, 0.2) is 0 Å². The van der Waals surface area contributed by atoms with Crippen molar-refractivity contribution in [1.29, 1.82) is 0 Å². The molecule has 86 valence electrons. The van der Waals surface area contributed by atoms with Crippen LogP contribution in [-0.2, 0) is 9.47 Å². The molecule has 3 nitrogen and oxygen atoms in total. The molecule has 0 saturated carbocycles. The van der Waals surface area contributed by atoms with Gasteiger partial charge in [0.2, 0.25) is 0 Å². The zero-order valence-electron chi connectivity index (χ0n) is 9.68. The van der Waals surface area contributed by atoms with Gasteiger partial charge < -0.3 is 14.8 Å². The summed E-state index contributed by atoms with van der Waals surface area (Å²) in [5.41, 5.74) is 0. The Hall–Kier alpha value is -0.120. The maximum atomic E-state index is 4.98. The van der Waals surface area contributed by atoms with Crippen LogP contribution in [0.5, 0.6) is 0 Å². The highest BCUT2D eigenvalue weighted by atomic mass is 16.5. The van der Waals surface area contributed by atoms with Crippen LogP contribution < -0.4 is 5.32 Å². The molecule has 0 aromatic rings. The molecule has 0 saturated heterocycles. The van der Waals surface area contributed by atoms with E-state index in [0.717, 1.165) is 32.7 Å². The van der Waals surface area contributed by atoms with Gasteiger partial charge in [-0.15, -0.1) is 0 Å². The van der Waals surface area contributed by atoms with E-state index >= 15 is 0 Å². The van der Waals surface area contributed by atoms with E-state index in [-0.39, 0.29) is 0 Å². The Morgan fingerprint density at radius 3 is 1.79 bits per heavy atom. The summed E-state index contributed by atoms with van der Waals surface area (Å²) in [4.78, 5) is 0. The summed E-state index contributed by atoms with van der Waals surface area (Å²) in [6.45, 7) is 4.04. The van der Waals surface area contributed by atoms with Crippen molar-refractivity contribution < 1.29 is 9.47 Å². The van der Waals surface area contributed by atoms with Gasteiger partial charge in [0, 0.05) is 27.4 Å². The van der Waals surface area contributed by atoms with Crippen molar-refractivity contribution in [1.82, 2.24) is 5.32 Å². The Morgan fingerprint density at radius 2 is 1.21 bits per heavy atom. The second-order valence-electron chi connectivity index (χ2n) is 3.50. The van der Waals surface area contributed by atoms with Crippen molar-refractivity contribution in [2.75, 3.05) is 40.5 Å². The summed E-state index contributed by atoms with van der Waals surface area (Å²) in [6, 6.07) is 0. The summed E-state index contributed by atoms with van der Waals surface area (Å²) in [5, 5.41) is 3.42. The lowest BCUT2D eigenvalue weighted by molar-refractivity contribution is 0.191. The second kappa shape index (κ2) is 12.9. The highest BCUT2D eigenvalue weighted by Gasteiger charge is 1.90. The van der Waals surface area contributed by atoms with E-state index in [1.165, 1.54) is 25.7 Å². The minimum atomic E-state index is 0.884. The van der Waals surface area contributed by atoms with Crippen molar-refractivity contribution in [3.05, 3.63) is 0 Å². The van der Waals surface area contributed by atoms with Gasteiger partial charge in [0.05, 0.1) is 0 Å². The Kier molecular flexibility index (Phi) is 12.8. The van der Waals surface area contributed by atoms with E-state index < -0.39 is 0 Å². The second-order valence-corrected chi connectivity index (χ2v) is 3.50. The molecule has 0 amide bonds. The van der Waals surface area contributed by atoms with Crippen LogP contribution in [-0.4, -0.2) is 40.5 Å². The molecule has 14 heavy (non-hydrogen) atoms. The summed E-state index contributed by atoms with van der Waals surface area (Å²) >= 11 is 0. The van der Waals surface area contributed by atoms with Gasteiger partial charge in [0.1, 0.15) is 0 Å². The molecule has 0 aromatic heterocycles. The Balaban J connectivity index is 2.78. The lowest BCUT2D eigenvalue weighted by Gasteiger charge is -2.04. The number of hydrogen-bond acceptors (Lipinski definition) is 3. The molecule has 0 fully saturated rings. The summed E-state index contributed by atoms with van der Waals surface area (Å²) in [7, 11) is 3.51. The topological polar surface area (TPSA) is 30.5 Å². The third-order valence-corrected chi connectivity index (χ3v) is 2.15. The molecule has 0 unspecified atom stereocenters. The molecular formula is C11H25NO2. The molecule has 0 aliphatic carbocycles. The number of unbranched alkanes of at least 4 members (excludes halogenated alkanes) is 3. The van der Waals surface area contributed by atoms with Gasteiger partial charge >= 0.3 is 0 Å². The first kappa shape index (κ1) is 13.9. The zero-order chi connectivity index (χ0) is 10.5. The van der Waals surface area contributed by atoms with Gasteiger partial charge in [-0.2, -0.15) is 0 Å². The van der Waals surface area contributed by atoms with E-state index in [9.17, 15) is 0 Å². The van der Waals surface area contributed by atoms with E-state index in [0.29, 0.717) is 0 Å². The van der Waals surface area contributed by atoms with Gasteiger partial charge in [-0.1, -0.05) is 0 Å². The third-order valence-electron chi connectivity index (χ3n) is 2.15. The molecule has 0 aliphatic rings. The molecule has 0 aliphatic heterocycles. The van der Waals surface area contributed by atoms with Gasteiger partial charge in [-0.25, -0.2) is 0 Å². The first-order valence-electron chi connectivity index (χ1n) is 5.60. The Bertz CT molecular complexity index is 87.3. The summed E-state index contributed by atoms with van der Waals surface area (Å²) in [6.07, 6.45) is 6.08. The van der Waals surface area contributed by atoms with Crippen LogP contribution >= 0.6 is 0 Å². The molecule has 0 heterocycles. The fraction of sp³-hybridized carbons (Fsp3) is 1.00. The largest absolute Gasteiger partial charge is 0.385 e. The standard InChI is InChI=1S/C11H25NO2/c1-13-10-6-3-4-8-12-9-5-7-11-14-2/h12H,3-11H2,1-2H3. The molecular weight excluding hydrogens is 178 g/mol. The van der Waals surface area contributed by atoms with Crippen LogP contribution in [0.1, 0.15) is 32.1 Å². The summed E-state index contributed by atoms with van der Waals surface area (Å²) in [5.74, 6) is 0. The SMILES string of the molecule is COCCCCCNCCCCOC. The van der Waals surface area contributed by atoms with Crippen molar-refractivity contribution in [2.45, 2.75) is 32.1 Å². The number of methoxy groups -OCH3 is 2. The van der Waals surface area contributed by atoms with Crippen molar-refractivity contribution in [3.63, 3.8) is 0 Å². The first-order chi connectivity index (χ1) is 6.91. The van der Waals surface area contributed by atoms with Crippen LogP contribution in [0.25, 0.3) is 0 Å². The number of nitrogens with one attached hydrogen (secondary N) is 1. The average Bonchev–Trinajstić information content (AvgIpc) is 2.21. The maximum absolute atomic E-state index is 4.98. The zero-order valence-corrected chi connectivity index (χ0v) is 9.68. The van der Waals surface area contributed by atoms with Crippen LogP contribution in [0.4, 0.5) is 0 Å². The van der Waals surface area contributed by atoms with Gasteiger partial charge in [-0.3, -0.25) is 0 Å². The van der Waals surface area contributed by atoms with Gasteiger partial charge in [-0.05, 0) is 45.2 Å². The fourth-order valence-corrected chi connectivity index (χ4v) is 1.29. The third kappa shape index (κ3) is 11.9. The van der Waals surface area contributed by atoms with Crippen molar-refractivity contribution in [3.8, 4) is 0 Å². The monoisotopic (exact) mass is 203 g/mol. The normalized spacial score (nSPS) is 10.7. The van der Waals surface area contributed by atoms with Gasteiger partial charge in [0.25, 0.3) is 0 Å². The lowest BCUT2D eigenvalue weighted by atomic mass is 10.2. The van der Waals surface area contributed by atoms with Crippen molar-refractivity contribution in [2.24, 2.45) is 0 Å². The van der Waals surface area contributed by atoms with Crippen LogP contribution in [0.15, 0.2) is 0 Å². The van der Waals surface area contributed by atoms with E-state index in [2.05, 4.69) is 5.32 Å². The molecule has 0 atom stereocenters. The summed E-state index contributed by atoms with van der Waals surface area (Å²) < 4.78 is 9.95. The minimum absolute atomic E-state index is 0.884. The van der Waals surface area contributed by atoms with Crippen molar-refractivity contribution >= 4 is 0 Å². The van der Waals surface area contributed by atoms with E-state index in [1.54, 1.807) is 14.2 Å². The average molecular weight is 203 g/mol. The lowest BCUT2D eigenvalue weighted by Crippen LogP contribution is -2.17. The quantitative estimate of drug-likeness (QED) is 0.520. The predicted octanol–water partition coefficient (Wildman–Crippen LogP) is 1.82. The highest BCUT2D eigenvalue weighted by molar-refractivity contribution is 4.49. The molecule has 0 aromatic carbocycles. The Morgan fingerprint density at radius 1 is 0.714 bits per heavy atom. The maximum Gasteiger partial charge on any atom is 0.0462 e. The van der Waals surface area contributed by atoms with E-state index in [1.807, 2.05) is 0 Å². The predicted molar refractivity (Wildman–Crippen MR) is 59.7 cm³/mol. The van der Waals surface area contributed by atoms with Crippen LogP contribution in [0.2, 0.25) is 0 Å². The van der Waals surface area contributed by atoms with E-state index in [4.69, 9.17) is 9.47 Å². The smallest absolute Gasteiger partial charge is 0.0462 e. The number of ether oxygens (including phenoxy) is 2. The molecule has 1 N–H and O–H groups in total. The molecule has 3 heteroatoms. The molecule has 0 radical (unpaired) electrons. The molecule has 0 spiro atoms. The Labute approximate surface area is 88.2 Å². The first-order valence-corrected chi connectivity index (χ1v) is 5.60. The van der Waals surface area contributed by atoms with Crippen LogP contribution in [0.3, 0.4) is 0 Å². The van der Waals surface area contributed by atoms with Crippen LogP contribution in [0, 0.1) is 0 Å². The minimum Gasteiger partial charge on any atom is -0.385 e.